The number of hydrogen-bond acceptors (Lipinski definition) is 5. The minimum atomic E-state index is -0.179. The van der Waals surface area contributed by atoms with Gasteiger partial charge in [0.1, 0.15) is 4.53 Å². The Morgan fingerprint density at radius 1 is 0.967 bits per heavy atom. The number of thiazole rings is 1. The number of thioether (sulfide) groups is 2. The maximum atomic E-state index is 13.5. The van der Waals surface area contributed by atoms with Gasteiger partial charge in [-0.25, -0.2) is 4.99 Å². The Morgan fingerprint density at radius 2 is 1.63 bits per heavy atom. The van der Waals surface area contributed by atoms with Crippen LogP contribution in [0.1, 0.15) is 31.0 Å². The number of halogens is 1. The Morgan fingerprint density at radius 3 is 2.30 bits per heavy atom. The van der Waals surface area contributed by atoms with Gasteiger partial charge in [-0.1, -0.05) is 93.3 Å². The van der Waals surface area contributed by atoms with Gasteiger partial charge < -0.3 is 0 Å². The fourth-order valence-electron chi connectivity index (χ4n) is 3.41. The Labute approximate surface area is 195 Å². The normalized spacial score (nSPS) is 18.3. The largest absolute Gasteiger partial charge is 0.272 e. The van der Waals surface area contributed by atoms with Gasteiger partial charge in [0.25, 0.3) is 5.56 Å². The minimum absolute atomic E-state index is 0.0382. The highest BCUT2D eigenvalue weighted by Crippen LogP contribution is 2.48. The van der Waals surface area contributed by atoms with Crippen LogP contribution in [-0.4, -0.2) is 4.57 Å². The molecule has 3 nitrogen and oxygen atoms in total. The molecule has 0 unspecified atom stereocenters. The first kappa shape index (κ1) is 20.1. The Hall–Kier alpha value is -1.80. The molecule has 1 aromatic heterocycles. The highest BCUT2D eigenvalue weighted by atomic mass is 79.9. The third-order valence-electron chi connectivity index (χ3n) is 5.08. The molecule has 3 heterocycles. The van der Waals surface area contributed by atoms with Gasteiger partial charge in [-0.15, -0.1) is 0 Å². The van der Waals surface area contributed by atoms with Gasteiger partial charge in [-0.2, -0.15) is 0 Å². The molecule has 0 saturated carbocycles. The third kappa shape index (κ3) is 3.58. The molecular formula is C23H17BrN2OS3. The maximum absolute atomic E-state index is 13.5. The molecule has 0 spiro atoms. The van der Waals surface area contributed by atoms with E-state index in [2.05, 4.69) is 60.1 Å². The first-order chi connectivity index (χ1) is 14.5. The van der Waals surface area contributed by atoms with E-state index in [-0.39, 0.29) is 11.6 Å². The molecule has 0 radical (unpaired) electrons. The molecule has 2 aliphatic rings. The van der Waals surface area contributed by atoms with Gasteiger partial charge >= 0.3 is 0 Å². The lowest BCUT2D eigenvalue weighted by atomic mass is 10.0. The summed E-state index contributed by atoms with van der Waals surface area (Å²) >= 11 is 8.38. The summed E-state index contributed by atoms with van der Waals surface area (Å²) in [4.78, 5) is 21.7. The van der Waals surface area contributed by atoms with Gasteiger partial charge in [-0.3, -0.25) is 9.36 Å². The summed E-state index contributed by atoms with van der Waals surface area (Å²) in [5.41, 5.74) is 3.05. The van der Waals surface area contributed by atoms with Crippen LogP contribution in [0.5, 0.6) is 0 Å². The van der Waals surface area contributed by atoms with Crippen LogP contribution in [-0.2, 0) is 0 Å². The summed E-state index contributed by atoms with van der Waals surface area (Å²) in [7, 11) is 0. The zero-order valence-electron chi connectivity index (χ0n) is 16.3. The molecule has 30 heavy (non-hydrogen) atoms. The zero-order chi connectivity index (χ0) is 20.8. The molecule has 0 bridgehead atoms. The van der Waals surface area contributed by atoms with Crippen molar-refractivity contribution in [3.8, 4) is 0 Å². The van der Waals surface area contributed by atoms with Crippen LogP contribution in [0.2, 0.25) is 0 Å². The van der Waals surface area contributed by atoms with E-state index in [0.29, 0.717) is 0 Å². The van der Waals surface area contributed by atoms with E-state index in [4.69, 9.17) is 4.99 Å². The maximum Gasteiger partial charge on any atom is 0.272 e. The SMILES string of the molecule is CC1=C(C)SC(=c2sc3n(c2=O)[C@H](c2ccccc2)C=C(c2ccc(Br)cc2)N=3)S1. The van der Waals surface area contributed by atoms with Crippen LogP contribution in [0, 0.1) is 0 Å². The predicted molar refractivity (Wildman–Crippen MR) is 133 cm³/mol. The summed E-state index contributed by atoms with van der Waals surface area (Å²) in [6, 6.07) is 18.1. The van der Waals surface area contributed by atoms with E-state index in [1.165, 1.54) is 21.1 Å². The monoisotopic (exact) mass is 512 g/mol. The van der Waals surface area contributed by atoms with Crippen molar-refractivity contribution < 1.29 is 0 Å². The van der Waals surface area contributed by atoms with Crippen molar-refractivity contribution >= 4 is 60.7 Å². The Bertz CT molecular complexity index is 1370. The van der Waals surface area contributed by atoms with Gasteiger partial charge in [-0.05, 0) is 47.4 Å². The number of allylic oxidation sites excluding steroid dienone is 3. The first-order valence-electron chi connectivity index (χ1n) is 9.41. The van der Waals surface area contributed by atoms with Crippen LogP contribution in [0.3, 0.4) is 0 Å². The molecule has 150 valence electrons. The number of hydrogen-bond donors (Lipinski definition) is 0. The number of benzene rings is 2. The highest BCUT2D eigenvalue weighted by Gasteiger charge is 2.25. The standard InChI is InChI=1S/C23H17BrN2OS3/c1-13-14(2)29-22(28-13)20-21(27)26-19(16-6-4-3-5-7-16)12-18(25-23(26)30-20)15-8-10-17(24)11-9-15/h3-12,19H,1-2H3/t19-/m0/s1. The number of aromatic nitrogens is 1. The van der Waals surface area contributed by atoms with Gasteiger partial charge in [0.15, 0.2) is 4.80 Å². The lowest BCUT2D eigenvalue weighted by Crippen LogP contribution is -2.36. The Kier molecular flexibility index (Phi) is 5.39. The minimum Gasteiger partial charge on any atom is -0.272 e. The molecule has 2 aliphatic heterocycles. The summed E-state index contributed by atoms with van der Waals surface area (Å²) in [6.07, 6.45) is 2.10. The first-order valence-corrected chi connectivity index (χ1v) is 12.7. The van der Waals surface area contributed by atoms with Crippen molar-refractivity contribution in [2.45, 2.75) is 19.9 Å². The second kappa shape index (κ2) is 8.04. The number of fused-ring (bicyclic) bond motifs is 1. The molecule has 3 aromatic rings. The van der Waals surface area contributed by atoms with Gasteiger partial charge in [0.05, 0.1) is 16.0 Å². The summed E-state index contributed by atoms with van der Waals surface area (Å²) in [6.45, 7) is 4.21. The fraction of sp³-hybridized carbons (Fsp3) is 0.130. The molecule has 0 N–H and O–H groups in total. The second-order valence-corrected chi connectivity index (χ2v) is 11.6. The number of nitrogens with zero attached hydrogens (tertiary/aromatic N) is 2. The van der Waals surface area contributed by atoms with E-state index >= 15 is 0 Å². The Balaban J connectivity index is 1.74. The third-order valence-corrected chi connectivity index (χ3v) is 9.55. The van der Waals surface area contributed by atoms with E-state index in [1.54, 1.807) is 23.5 Å². The number of rotatable bonds is 2. The van der Waals surface area contributed by atoms with E-state index in [0.717, 1.165) is 34.9 Å². The zero-order valence-corrected chi connectivity index (χ0v) is 20.3. The second-order valence-electron chi connectivity index (χ2n) is 7.02. The molecule has 5 rings (SSSR count). The van der Waals surface area contributed by atoms with Crippen molar-refractivity contribution in [2.24, 2.45) is 4.99 Å². The average molecular weight is 514 g/mol. The molecule has 0 fully saturated rings. The molecule has 0 aliphatic carbocycles. The lowest BCUT2D eigenvalue weighted by molar-refractivity contribution is 0.644. The van der Waals surface area contributed by atoms with Crippen molar-refractivity contribution in [3.05, 3.63) is 106 Å². The van der Waals surface area contributed by atoms with Crippen molar-refractivity contribution in [1.82, 2.24) is 4.57 Å². The molecular weight excluding hydrogens is 496 g/mol. The lowest BCUT2D eigenvalue weighted by Gasteiger charge is -2.19. The van der Waals surface area contributed by atoms with E-state index in [1.807, 2.05) is 34.9 Å². The average Bonchev–Trinajstić information content (AvgIpc) is 3.27. The van der Waals surface area contributed by atoms with Gasteiger partial charge in [0, 0.05) is 10.0 Å². The van der Waals surface area contributed by atoms with Gasteiger partial charge in [0.2, 0.25) is 0 Å². The fourth-order valence-corrected chi connectivity index (χ4v) is 7.43. The van der Waals surface area contributed by atoms with Crippen LogP contribution in [0.15, 0.2) is 84.7 Å². The molecule has 0 saturated heterocycles. The van der Waals surface area contributed by atoms with E-state index < -0.39 is 0 Å². The van der Waals surface area contributed by atoms with E-state index in [9.17, 15) is 4.79 Å². The molecule has 0 amide bonds. The summed E-state index contributed by atoms with van der Waals surface area (Å²) in [5, 5.41) is 0. The highest BCUT2D eigenvalue weighted by molar-refractivity contribution is 9.10. The van der Waals surface area contributed by atoms with Crippen molar-refractivity contribution in [1.29, 1.82) is 0 Å². The van der Waals surface area contributed by atoms with Crippen LogP contribution >= 0.6 is 50.8 Å². The predicted octanol–water partition coefficient (Wildman–Crippen LogP) is 5.73. The van der Waals surface area contributed by atoms with Crippen molar-refractivity contribution in [2.75, 3.05) is 0 Å². The summed E-state index contributed by atoms with van der Waals surface area (Å²) < 4.78 is 4.72. The van der Waals surface area contributed by atoms with Crippen LogP contribution in [0.25, 0.3) is 9.93 Å². The van der Waals surface area contributed by atoms with Crippen LogP contribution < -0.4 is 14.9 Å². The van der Waals surface area contributed by atoms with Crippen LogP contribution in [0.4, 0.5) is 0 Å². The topological polar surface area (TPSA) is 34.4 Å². The molecule has 7 heteroatoms. The summed E-state index contributed by atoms with van der Waals surface area (Å²) in [5.74, 6) is 0. The smallest absolute Gasteiger partial charge is 0.272 e. The molecule has 1 atom stereocenters. The molecule has 2 aromatic carbocycles. The van der Waals surface area contributed by atoms with Crippen molar-refractivity contribution in [3.63, 3.8) is 0 Å². The quantitative estimate of drug-likeness (QED) is 0.439.